The van der Waals surface area contributed by atoms with Gasteiger partial charge in [0.2, 0.25) is 0 Å². The molecule has 2 unspecified atom stereocenters. The van der Waals surface area contributed by atoms with Gasteiger partial charge < -0.3 is 14.8 Å². The SMILES string of the molecule is COC(=O)C(CCS(=O)CCC(C)(C)C)NC(=O)OC(C)(C)C. The van der Waals surface area contributed by atoms with Gasteiger partial charge in [0.1, 0.15) is 11.6 Å². The fourth-order valence-corrected chi connectivity index (χ4v) is 3.16. The Morgan fingerprint density at radius 2 is 1.65 bits per heavy atom. The van der Waals surface area contributed by atoms with Gasteiger partial charge in [-0.3, -0.25) is 4.21 Å². The molecule has 23 heavy (non-hydrogen) atoms. The van der Waals surface area contributed by atoms with Crippen molar-refractivity contribution in [1.29, 1.82) is 0 Å². The molecule has 0 aliphatic rings. The molecular weight excluding hydrogens is 318 g/mol. The van der Waals surface area contributed by atoms with Gasteiger partial charge in [0, 0.05) is 22.3 Å². The van der Waals surface area contributed by atoms with E-state index in [-0.39, 0.29) is 11.8 Å². The third-order valence-electron chi connectivity index (χ3n) is 2.89. The van der Waals surface area contributed by atoms with Gasteiger partial charge in [0.15, 0.2) is 0 Å². The molecule has 0 aliphatic heterocycles. The molecule has 0 saturated heterocycles. The zero-order chi connectivity index (χ0) is 18.3. The van der Waals surface area contributed by atoms with Crippen molar-refractivity contribution in [3.63, 3.8) is 0 Å². The first-order chi connectivity index (χ1) is 10.3. The van der Waals surface area contributed by atoms with E-state index < -0.39 is 34.5 Å². The number of carbonyl (C=O) groups is 2. The van der Waals surface area contributed by atoms with Crippen molar-refractivity contribution in [3.05, 3.63) is 0 Å². The van der Waals surface area contributed by atoms with Crippen molar-refractivity contribution in [3.8, 4) is 0 Å². The number of carbonyl (C=O) groups excluding carboxylic acids is 2. The number of amides is 1. The molecule has 0 spiro atoms. The van der Waals surface area contributed by atoms with E-state index in [1.807, 2.05) is 0 Å². The minimum absolute atomic E-state index is 0.117. The maximum Gasteiger partial charge on any atom is 0.408 e. The Kier molecular flexibility index (Phi) is 8.80. The Labute approximate surface area is 142 Å². The minimum atomic E-state index is -1.04. The monoisotopic (exact) mass is 349 g/mol. The van der Waals surface area contributed by atoms with E-state index in [1.54, 1.807) is 20.8 Å². The van der Waals surface area contributed by atoms with Crippen LogP contribution in [0.15, 0.2) is 0 Å². The van der Waals surface area contributed by atoms with Gasteiger partial charge in [0.05, 0.1) is 7.11 Å². The van der Waals surface area contributed by atoms with Gasteiger partial charge in [-0.2, -0.15) is 0 Å². The largest absolute Gasteiger partial charge is 0.467 e. The van der Waals surface area contributed by atoms with E-state index in [1.165, 1.54) is 7.11 Å². The second-order valence-corrected chi connectivity index (χ2v) is 9.37. The zero-order valence-electron chi connectivity index (χ0n) is 15.4. The molecule has 0 fully saturated rings. The predicted molar refractivity (Wildman–Crippen MR) is 91.7 cm³/mol. The lowest BCUT2D eigenvalue weighted by Crippen LogP contribution is -2.44. The van der Waals surface area contributed by atoms with Crippen LogP contribution in [0.3, 0.4) is 0 Å². The fourth-order valence-electron chi connectivity index (χ4n) is 1.61. The Morgan fingerprint density at radius 1 is 1.09 bits per heavy atom. The van der Waals surface area contributed by atoms with Crippen LogP contribution in [0.25, 0.3) is 0 Å². The second kappa shape index (κ2) is 9.25. The number of esters is 1. The van der Waals surface area contributed by atoms with Gasteiger partial charge in [-0.25, -0.2) is 9.59 Å². The van der Waals surface area contributed by atoms with Crippen molar-refractivity contribution in [1.82, 2.24) is 5.32 Å². The number of ether oxygens (including phenoxy) is 2. The van der Waals surface area contributed by atoms with Gasteiger partial charge in [-0.15, -0.1) is 0 Å². The molecular formula is C16H31NO5S. The van der Waals surface area contributed by atoms with Crippen LogP contribution in [-0.4, -0.2) is 46.5 Å². The summed E-state index contributed by atoms with van der Waals surface area (Å²) in [4.78, 5) is 23.5. The van der Waals surface area contributed by atoms with E-state index in [0.717, 1.165) is 6.42 Å². The quantitative estimate of drug-likeness (QED) is 0.715. The molecule has 0 rings (SSSR count). The molecule has 7 heteroatoms. The molecule has 1 amide bonds. The standard InChI is InChI=1S/C16H31NO5S/c1-15(2,3)9-11-23(20)10-8-12(13(18)21-7)17-14(19)22-16(4,5)6/h12H,8-11H2,1-7H3,(H,17,19). The third kappa shape index (κ3) is 12.0. The molecule has 136 valence electrons. The third-order valence-corrected chi connectivity index (χ3v) is 4.24. The van der Waals surface area contributed by atoms with Crippen LogP contribution >= 0.6 is 0 Å². The Morgan fingerprint density at radius 3 is 2.09 bits per heavy atom. The molecule has 0 saturated carbocycles. The van der Waals surface area contributed by atoms with Crippen LogP contribution in [0, 0.1) is 5.41 Å². The summed E-state index contributed by atoms with van der Waals surface area (Å²) < 4.78 is 21.8. The van der Waals surface area contributed by atoms with Crippen molar-refractivity contribution in [2.24, 2.45) is 5.41 Å². The maximum atomic E-state index is 12.0. The van der Waals surface area contributed by atoms with Crippen molar-refractivity contribution < 1.29 is 23.3 Å². The highest BCUT2D eigenvalue weighted by Crippen LogP contribution is 2.18. The highest BCUT2D eigenvalue weighted by atomic mass is 32.2. The maximum absolute atomic E-state index is 12.0. The summed E-state index contributed by atoms with van der Waals surface area (Å²) in [5.41, 5.74) is -0.535. The molecule has 1 N–H and O–H groups in total. The first-order valence-corrected chi connectivity index (χ1v) is 9.25. The Bertz CT molecular complexity index is 423. The summed E-state index contributed by atoms with van der Waals surface area (Å²) in [6.07, 6.45) is 0.401. The summed E-state index contributed by atoms with van der Waals surface area (Å²) in [5.74, 6) is 0.332. The number of hydrogen-bond acceptors (Lipinski definition) is 5. The second-order valence-electron chi connectivity index (χ2n) is 7.67. The summed E-state index contributed by atoms with van der Waals surface area (Å²) in [6.45, 7) is 11.5. The average Bonchev–Trinajstić information content (AvgIpc) is 2.37. The highest BCUT2D eigenvalue weighted by molar-refractivity contribution is 7.84. The van der Waals surface area contributed by atoms with E-state index in [9.17, 15) is 13.8 Å². The molecule has 0 aliphatic carbocycles. The zero-order valence-corrected chi connectivity index (χ0v) is 16.2. The van der Waals surface area contributed by atoms with Crippen LogP contribution in [0.4, 0.5) is 4.79 Å². The lowest BCUT2D eigenvalue weighted by Gasteiger charge is -2.22. The van der Waals surface area contributed by atoms with Crippen LogP contribution in [0.2, 0.25) is 0 Å². The molecule has 6 nitrogen and oxygen atoms in total. The molecule has 0 bridgehead atoms. The fraction of sp³-hybridized carbons (Fsp3) is 0.875. The van der Waals surface area contributed by atoms with Crippen LogP contribution in [0.1, 0.15) is 54.4 Å². The van der Waals surface area contributed by atoms with Gasteiger partial charge in [0.25, 0.3) is 0 Å². The van der Waals surface area contributed by atoms with Crippen molar-refractivity contribution in [2.75, 3.05) is 18.6 Å². The summed E-state index contributed by atoms with van der Waals surface area (Å²) >= 11 is 0. The summed E-state index contributed by atoms with van der Waals surface area (Å²) in [7, 11) is 0.213. The summed E-state index contributed by atoms with van der Waals surface area (Å²) in [5, 5.41) is 2.48. The molecule has 0 radical (unpaired) electrons. The number of alkyl carbamates (subject to hydrolysis) is 1. The number of rotatable bonds is 7. The molecule has 0 aromatic carbocycles. The van der Waals surface area contributed by atoms with Gasteiger partial charge in [-0.1, -0.05) is 20.8 Å². The number of nitrogens with one attached hydrogen (secondary N) is 1. The molecule has 2 atom stereocenters. The smallest absolute Gasteiger partial charge is 0.408 e. The highest BCUT2D eigenvalue weighted by Gasteiger charge is 2.25. The molecule has 0 aromatic heterocycles. The van der Waals surface area contributed by atoms with E-state index >= 15 is 0 Å². The van der Waals surface area contributed by atoms with E-state index in [4.69, 9.17) is 4.74 Å². The van der Waals surface area contributed by atoms with E-state index in [0.29, 0.717) is 11.5 Å². The summed E-state index contributed by atoms with van der Waals surface area (Å²) in [6, 6.07) is -0.853. The predicted octanol–water partition coefficient (Wildman–Crippen LogP) is 2.63. The van der Waals surface area contributed by atoms with Gasteiger partial charge >= 0.3 is 12.1 Å². The van der Waals surface area contributed by atoms with E-state index in [2.05, 4.69) is 30.8 Å². The average molecular weight is 349 g/mol. The van der Waals surface area contributed by atoms with Crippen LogP contribution < -0.4 is 5.32 Å². The lowest BCUT2D eigenvalue weighted by atomic mass is 9.94. The van der Waals surface area contributed by atoms with Crippen LogP contribution in [-0.2, 0) is 25.1 Å². The minimum Gasteiger partial charge on any atom is -0.467 e. The van der Waals surface area contributed by atoms with Gasteiger partial charge in [-0.05, 0) is 39.0 Å². The number of hydrogen-bond donors (Lipinski definition) is 1. The Balaban J connectivity index is 4.49. The number of methoxy groups -OCH3 is 1. The van der Waals surface area contributed by atoms with Crippen LogP contribution in [0.5, 0.6) is 0 Å². The van der Waals surface area contributed by atoms with Crippen molar-refractivity contribution >= 4 is 22.9 Å². The molecule has 0 heterocycles. The first-order valence-electron chi connectivity index (χ1n) is 7.76. The molecule has 0 aromatic rings. The topological polar surface area (TPSA) is 81.7 Å². The Hall–Kier alpha value is -1.11. The first kappa shape index (κ1) is 21.9. The van der Waals surface area contributed by atoms with Crippen molar-refractivity contribution in [2.45, 2.75) is 66.0 Å². The lowest BCUT2D eigenvalue weighted by molar-refractivity contribution is -0.143. The normalized spacial score (nSPS) is 14.7.